The fourth-order valence-corrected chi connectivity index (χ4v) is 4.11. The molecule has 5 rings (SSSR count). The van der Waals surface area contributed by atoms with E-state index in [-0.39, 0.29) is 23.5 Å². The molecule has 1 amide bonds. The van der Waals surface area contributed by atoms with Gasteiger partial charge >= 0.3 is 6.18 Å². The Morgan fingerprint density at radius 1 is 0.902 bits per heavy atom. The van der Waals surface area contributed by atoms with Crippen molar-refractivity contribution in [1.82, 2.24) is 20.6 Å². The minimum atomic E-state index is -4.82. The average Bonchev–Trinajstić information content (AvgIpc) is 3.66. The Morgan fingerprint density at radius 3 is 2.20 bits per heavy atom. The van der Waals surface area contributed by atoms with E-state index in [4.69, 9.17) is 9.05 Å². The number of carbonyl (C=O) groups excluding carboxylic acids is 1. The van der Waals surface area contributed by atoms with Crippen LogP contribution in [0, 0.1) is 11.3 Å². The molecule has 0 aliphatic heterocycles. The molecule has 0 saturated carbocycles. The fourth-order valence-electron chi connectivity index (χ4n) is 4.11. The molecular formula is C29H20F3N5O4. The number of carbonyl (C=O) groups is 1. The molecular weight excluding hydrogens is 539 g/mol. The van der Waals surface area contributed by atoms with Gasteiger partial charge in [-0.3, -0.25) is 4.79 Å². The molecule has 0 spiro atoms. The standard InChI is InChI=1S/C29H20F3N5O4/c30-29(31,32)22-23(18-9-5-2-6-10-18)36-40-25(22)28-35-26(37-41-28)20-13-11-19(12-14-20)24(38)27(39)34-16-21(15-33)17-7-3-1-4-8-17/h1-14,21,24,38H,16H2,(H,34,39). The van der Waals surface area contributed by atoms with Crippen LogP contribution in [0.25, 0.3) is 34.3 Å². The average molecular weight is 560 g/mol. The second-order valence-electron chi connectivity index (χ2n) is 8.88. The Kier molecular flexibility index (Phi) is 7.62. The summed E-state index contributed by atoms with van der Waals surface area (Å²) in [6, 6.07) is 24.6. The topological polar surface area (TPSA) is 138 Å². The third-order valence-electron chi connectivity index (χ3n) is 6.21. The van der Waals surface area contributed by atoms with Gasteiger partial charge in [0.15, 0.2) is 6.10 Å². The van der Waals surface area contributed by atoms with E-state index in [0.29, 0.717) is 5.56 Å². The summed E-state index contributed by atoms with van der Waals surface area (Å²) in [5.41, 5.74) is -0.0243. The first-order chi connectivity index (χ1) is 19.8. The number of hydrogen-bond acceptors (Lipinski definition) is 8. The number of nitriles is 1. The van der Waals surface area contributed by atoms with Crippen LogP contribution in [0.15, 0.2) is 94.0 Å². The largest absolute Gasteiger partial charge is 0.422 e. The van der Waals surface area contributed by atoms with Crippen molar-refractivity contribution in [2.75, 3.05) is 6.54 Å². The predicted molar refractivity (Wildman–Crippen MR) is 138 cm³/mol. The highest BCUT2D eigenvalue weighted by Gasteiger charge is 2.43. The van der Waals surface area contributed by atoms with Crippen molar-refractivity contribution in [2.45, 2.75) is 18.2 Å². The normalized spacial score (nSPS) is 12.9. The van der Waals surface area contributed by atoms with Crippen molar-refractivity contribution in [2.24, 2.45) is 0 Å². The fraction of sp³-hybridized carbons (Fsp3) is 0.138. The van der Waals surface area contributed by atoms with Gasteiger partial charge in [0, 0.05) is 17.7 Å². The first kappa shape index (κ1) is 27.3. The Labute approximate surface area is 230 Å². The quantitative estimate of drug-likeness (QED) is 0.253. The molecule has 0 aliphatic carbocycles. The van der Waals surface area contributed by atoms with E-state index in [1.54, 1.807) is 42.5 Å². The van der Waals surface area contributed by atoms with Gasteiger partial charge in [-0.1, -0.05) is 95.2 Å². The van der Waals surface area contributed by atoms with Gasteiger partial charge in [-0.2, -0.15) is 23.4 Å². The van der Waals surface area contributed by atoms with E-state index in [1.807, 2.05) is 6.07 Å². The zero-order valence-corrected chi connectivity index (χ0v) is 21.0. The lowest BCUT2D eigenvalue weighted by Gasteiger charge is -2.14. The van der Waals surface area contributed by atoms with Crippen molar-refractivity contribution in [3.8, 4) is 40.4 Å². The maximum atomic E-state index is 14.0. The molecule has 0 bridgehead atoms. The molecule has 2 aromatic heterocycles. The van der Waals surface area contributed by atoms with Gasteiger partial charge in [0.2, 0.25) is 11.6 Å². The first-order valence-electron chi connectivity index (χ1n) is 12.2. The number of aliphatic hydroxyl groups is 1. The molecule has 0 radical (unpaired) electrons. The minimum Gasteiger partial charge on any atom is -0.378 e. The maximum absolute atomic E-state index is 14.0. The molecule has 2 heterocycles. The van der Waals surface area contributed by atoms with Gasteiger partial charge in [0.25, 0.3) is 11.8 Å². The van der Waals surface area contributed by atoms with E-state index in [2.05, 4.69) is 26.7 Å². The van der Waals surface area contributed by atoms with Gasteiger partial charge in [0.05, 0.1) is 12.0 Å². The van der Waals surface area contributed by atoms with Gasteiger partial charge < -0.3 is 19.5 Å². The monoisotopic (exact) mass is 559 g/mol. The first-order valence-corrected chi connectivity index (χ1v) is 12.2. The number of benzene rings is 3. The Bertz CT molecular complexity index is 1680. The molecule has 206 valence electrons. The number of nitrogens with one attached hydrogen (secondary N) is 1. The zero-order chi connectivity index (χ0) is 29.0. The Morgan fingerprint density at radius 2 is 1.56 bits per heavy atom. The van der Waals surface area contributed by atoms with Crippen LogP contribution in [-0.2, 0) is 11.0 Å². The third kappa shape index (κ3) is 5.85. The van der Waals surface area contributed by atoms with Crippen molar-refractivity contribution < 1.29 is 32.1 Å². The van der Waals surface area contributed by atoms with Gasteiger partial charge in [0.1, 0.15) is 11.3 Å². The van der Waals surface area contributed by atoms with Crippen LogP contribution < -0.4 is 5.32 Å². The summed E-state index contributed by atoms with van der Waals surface area (Å²) in [5, 5.41) is 29.8. The second-order valence-corrected chi connectivity index (χ2v) is 8.88. The lowest BCUT2D eigenvalue weighted by Crippen LogP contribution is -2.32. The maximum Gasteiger partial charge on any atom is 0.422 e. The molecule has 0 aliphatic rings. The summed E-state index contributed by atoms with van der Waals surface area (Å²) < 4.78 is 52.0. The highest BCUT2D eigenvalue weighted by molar-refractivity contribution is 5.82. The number of alkyl halides is 3. The number of halogens is 3. The van der Waals surface area contributed by atoms with Gasteiger partial charge in [-0.15, -0.1) is 0 Å². The van der Waals surface area contributed by atoms with E-state index < -0.39 is 47.0 Å². The SMILES string of the molecule is N#CC(CNC(=O)C(O)c1ccc(-c2noc(-c3onc(-c4ccccc4)c3C(F)(F)F)n2)cc1)c1ccccc1. The number of hydrogen-bond donors (Lipinski definition) is 2. The molecule has 9 nitrogen and oxygen atoms in total. The van der Waals surface area contributed by atoms with Crippen molar-refractivity contribution in [3.63, 3.8) is 0 Å². The van der Waals surface area contributed by atoms with Crippen LogP contribution in [0.1, 0.15) is 28.7 Å². The number of rotatable bonds is 8. The second kappa shape index (κ2) is 11.4. The van der Waals surface area contributed by atoms with Crippen LogP contribution in [0.3, 0.4) is 0 Å². The van der Waals surface area contributed by atoms with Crippen LogP contribution in [0.4, 0.5) is 13.2 Å². The van der Waals surface area contributed by atoms with E-state index >= 15 is 0 Å². The van der Waals surface area contributed by atoms with Crippen LogP contribution in [-0.4, -0.2) is 32.9 Å². The summed E-state index contributed by atoms with van der Waals surface area (Å²) in [5.74, 6) is -2.57. The molecule has 41 heavy (non-hydrogen) atoms. The molecule has 0 fully saturated rings. The molecule has 2 atom stereocenters. The van der Waals surface area contributed by atoms with Crippen molar-refractivity contribution in [1.29, 1.82) is 5.26 Å². The number of nitrogens with zero attached hydrogens (tertiary/aromatic N) is 4. The summed E-state index contributed by atoms with van der Waals surface area (Å²) in [4.78, 5) is 16.6. The lowest BCUT2D eigenvalue weighted by molar-refractivity contribution is -0.137. The summed E-state index contributed by atoms with van der Waals surface area (Å²) in [7, 11) is 0. The van der Waals surface area contributed by atoms with Gasteiger partial charge in [-0.25, -0.2) is 0 Å². The highest BCUT2D eigenvalue weighted by Crippen LogP contribution is 2.43. The molecule has 12 heteroatoms. The summed E-state index contributed by atoms with van der Waals surface area (Å²) in [6.45, 7) is 0.00760. The number of amides is 1. The highest BCUT2D eigenvalue weighted by atomic mass is 19.4. The number of aromatic nitrogens is 3. The zero-order valence-electron chi connectivity index (χ0n) is 21.0. The molecule has 2 N–H and O–H groups in total. The van der Waals surface area contributed by atoms with E-state index in [1.165, 1.54) is 36.4 Å². The predicted octanol–water partition coefficient (Wildman–Crippen LogP) is 5.53. The third-order valence-corrected chi connectivity index (χ3v) is 6.21. The molecule has 0 saturated heterocycles. The lowest BCUT2D eigenvalue weighted by atomic mass is 10.0. The van der Waals surface area contributed by atoms with Gasteiger partial charge in [-0.05, 0) is 11.1 Å². The summed E-state index contributed by atoms with van der Waals surface area (Å²) in [6.07, 6.45) is -6.35. The number of aliphatic hydroxyl groups excluding tert-OH is 1. The van der Waals surface area contributed by atoms with Crippen LogP contribution in [0.2, 0.25) is 0 Å². The Hall–Kier alpha value is -5.28. The molecule has 5 aromatic rings. The van der Waals surface area contributed by atoms with E-state index in [0.717, 1.165) is 5.56 Å². The Balaban J connectivity index is 1.31. The summed E-state index contributed by atoms with van der Waals surface area (Å²) >= 11 is 0. The van der Waals surface area contributed by atoms with Crippen LogP contribution >= 0.6 is 0 Å². The molecule has 2 unspecified atom stereocenters. The van der Waals surface area contributed by atoms with Crippen molar-refractivity contribution >= 4 is 5.91 Å². The van der Waals surface area contributed by atoms with Crippen LogP contribution in [0.5, 0.6) is 0 Å². The minimum absolute atomic E-state index is 0.00760. The van der Waals surface area contributed by atoms with E-state index in [9.17, 15) is 28.3 Å². The smallest absolute Gasteiger partial charge is 0.378 e. The molecule has 3 aromatic carbocycles. The van der Waals surface area contributed by atoms with Crippen molar-refractivity contribution in [3.05, 3.63) is 102 Å².